The number of hydrogen-bond acceptors (Lipinski definition) is 7. The summed E-state index contributed by atoms with van der Waals surface area (Å²) in [5.41, 5.74) is 0.306. The Morgan fingerprint density at radius 3 is 2.44 bits per heavy atom. The second kappa shape index (κ2) is 10.4. The Balaban J connectivity index is 1.80. The van der Waals surface area contributed by atoms with Gasteiger partial charge in [0.25, 0.3) is 11.8 Å². The summed E-state index contributed by atoms with van der Waals surface area (Å²) in [6, 6.07) is 7.33. The summed E-state index contributed by atoms with van der Waals surface area (Å²) < 4.78 is 10.7. The summed E-state index contributed by atoms with van der Waals surface area (Å²) in [7, 11) is 0. The molecule has 182 valence electrons. The largest absolute Gasteiger partial charge is 0.455 e. The fourth-order valence-corrected chi connectivity index (χ4v) is 4.86. The molecule has 34 heavy (non-hydrogen) atoms. The molecular formula is C23H24Cl2N2O6S. The molecule has 2 aliphatic rings. The van der Waals surface area contributed by atoms with Crippen molar-refractivity contribution >= 4 is 58.7 Å². The second-order valence-electron chi connectivity index (χ2n) is 8.50. The van der Waals surface area contributed by atoms with Gasteiger partial charge in [0.2, 0.25) is 10.9 Å². The van der Waals surface area contributed by atoms with E-state index in [4.69, 9.17) is 32.7 Å². The first kappa shape index (κ1) is 26.1. The highest BCUT2D eigenvalue weighted by atomic mass is 35.5. The number of nitrogens with zero attached hydrogens (tertiary/aromatic N) is 1. The van der Waals surface area contributed by atoms with Gasteiger partial charge >= 0.3 is 11.9 Å². The summed E-state index contributed by atoms with van der Waals surface area (Å²) in [6.07, 6.45) is 0.148. The topological polar surface area (TPSA) is 102 Å². The first-order valence-corrected chi connectivity index (χ1v) is 12.2. The fourth-order valence-electron chi connectivity index (χ4n) is 3.41. The summed E-state index contributed by atoms with van der Waals surface area (Å²) in [5, 5.41) is 2.10. The minimum absolute atomic E-state index is 0.113. The summed E-state index contributed by atoms with van der Waals surface area (Å²) in [6.45, 7) is 8.92. The van der Waals surface area contributed by atoms with Crippen molar-refractivity contribution in [3.63, 3.8) is 0 Å². The molecule has 0 aromatic heterocycles. The Labute approximate surface area is 211 Å². The van der Waals surface area contributed by atoms with Crippen LogP contribution < -0.4 is 5.32 Å². The molecule has 2 heterocycles. The number of thioether (sulfide) groups is 1. The van der Waals surface area contributed by atoms with Crippen LogP contribution in [0.5, 0.6) is 0 Å². The molecule has 2 aliphatic heterocycles. The average Bonchev–Trinajstić information content (AvgIpc) is 2.78. The number of fused-ring (bicyclic) bond motifs is 1. The van der Waals surface area contributed by atoms with E-state index < -0.39 is 51.7 Å². The zero-order valence-electron chi connectivity index (χ0n) is 18.7. The third-order valence-corrected chi connectivity index (χ3v) is 6.55. The molecule has 8 nitrogen and oxygen atoms in total. The van der Waals surface area contributed by atoms with Gasteiger partial charge in [0.15, 0.2) is 0 Å². The first-order chi connectivity index (χ1) is 15.9. The number of ether oxygens (including phenoxy) is 2. The van der Waals surface area contributed by atoms with Gasteiger partial charge in [0, 0.05) is 11.3 Å². The Morgan fingerprint density at radius 1 is 1.24 bits per heavy atom. The molecule has 2 amide bonds. The van der Waals surface area contributed by atoms with E-state index in [0.717, 1.165) is 0 Å². The average molecular weight is 527 g/mol. The van der Waals surface area contributed by atoms with E-state index in [1.165, 1.54) is 22.7 Å². The molecule has 1 fully saturated rings. The minimum atomic E-state index is -1.48. The van der Waals surface area contributed by atoms with Gasteiger partial charge in [0.05, 0.1) is 0 Å². The summed E-state index contributed by atoms with van der Waals surface area (Å²) >= 11 is 12.5. The maximum atomic E-state index is 13.1. The molecule has 0 spiro atoms. The van der Waals surface area contributed by atoms with Gasteiger partial charge in [0.1, 0.15) is 22.7 Å². The lowest BCUT2D eigenvalue weighted by Crippen LogP contribution is -2.71. The van der Waals surface area contributed by atoms with Crippen LogP contribution >= 0.6 is 35.0 Å². The van der Waals surface area contributed by atoms with Crippen molar-refractivity contribution in [2.75, 3.05) is 5.75 Å². The number of carbonyl (C=O) groups is 4. The molecule has 0 radical (unpaired) electrons. The molecule has 3 rings (SSSR count). The Bertz CT molecular complexity index is 1040. The third-order valence-electron chi connectivity index (χ3n) is 4.89. The van der Waals surface area contributed by atoms with Gasteiger partial charge in [-0.05, 0) is 26.3 Å². The van der Waals surface area contributed by atoms with Crippen LogP contribution in [0.1, 0.15) is 32.4 Å². The lowest BCUT2D eigenvalue weighted by atomic mass is 10.0. The summed E-state index contributed by atoms with van der Waals surface area (Å²) in [5.74, 6) is -2.44. The van der Waals surface area contributed by atoms with Crippen molar-refractivity contribution in [2.45, 2.75) is 48.7 Å². The number of esters is 2. The molecule has 1 aromatic rings. The van der Waals surface area contributed by atoms with E-state index in [0.29, 0.717) is 16.9 Å². The molecule has 1 aromatic carbocycles. The van der Waals surface area contributed by atoms with E-state index in [1.54, 1.807) is 51.1 Å². The maximum Gasteiger partial charge on any atom is 0.355 e. The third kappa shape index (κ3) is 5.59. The predicted molar refractivity (Wildman–Crippen MR) is 129 cm³/mol. The molecule has 1 saturated heterocycles. The molecule has 0 bridgehead atoms. The number of benzene rings is 1. The normalized spacial score (nSPS) is 20.8. The lowest BCUT2D eigenvalue weighted by molar-refractivity contribution is -0.161. The van der Waals surface area contributed by atoms with Crippen LogP contribution in [0, 0.1) is 0 Å². The molecular weight excluding hydrogens is 503 g/mol. The van der Waals surface area contributed by atoms with Gasteiger partial charge in [-0.25, -0.2) is 9.59 Å². The van der Waals surface area contributed by atoms with E-state index >= 15 is 0 Å². The Kier molecular flexibility index (Phi) is 8.00. The van der Waals surface area contributed by atoms with Crippen LogP contribution in [0.4, 0.5) is 0 Å². The lowest BCUT2D eigenvalue weighted by Gasteiger charge is -2.49. The molecule has 1 N–H and O–H groups in total. The number of carbonyl (C=O) groups excluding carboxylic acids is 4. The number of allylic oxidation sites excluding steroid dienone is 1. The molecule has 0 aliphatic carbocycles. The first-order valence-electron chi connectivity index (χ1n) is 10.3. The number of β-lactam (4-membered cyclic amide) rings is 1. The van der Waals surface area contributed by atoms with Crippen LogP contribution in [-0.2, 0) is 28.7 Å². The Morgan fingerprint density at radius 2 is 1.88 bits per heavy atom. The van der Waals surface area contributed by atoms with Gasteiger partial charge in [-0.3, -0.25) is 14.5 Å². The van der Waals surface area contributed by atoms with Crippen LogP contribution in [0.3, 0.4) is 0 Å². The smallest absolute Gasteiger partial charge is 0.355 e. The van der Waals surface area contributed by atoms with Crippen LogP contribution in [0.15, 0.2) is 54.3 Å². The van der Waals surface area contributed by atoms with Crippen molar-refractivity contribution in [2.24, 2.45) is 0 Å². The molecule has 0 saturated carbocycles. The predicted octanol–water partition coefficient (Wildman–Crippen LogP) is 3.26. The Hall–Kier alpha value is -2.49. The van der Waals surface area contributed by atoms with Crippen LogP contribution in [-0.4, -0.2) is 56.3 Å². The SMILES string of the molecule is C=CC1=C(C(=O)OC(C)(C)C)N2C(=O)[C@@H](NC(=O)C(OC(=O)C(Cl)Cl)c3ccccc3)[C@H]2SC1. The van der Waals surface area contributed by atoms with Crippen LogP contribution in [0.2, 0.25) is 0 Å². The molecule has 11 heteroatoms. The van der Waals surface area contributed by atoms with Crippen molar-refractivity contribution < 1.29 is 28.7 Å². The van der Waals surface area contributed by atoms with Crippen molar-refractivity contribution in [1.29, 1.82) is 0 Å². The maximum absolute atomic E-state index is 13.1. The van der Waals surface area contributed by atoms with E-state index in [-0.39, 0.29) is 5.70 Å². The van der Waals surface area contributed by atoms with E-state index in [2.05, 4.69) is 11.9 Å². The number of alkyl halides is 2. The molecule has 3 atom stereocenters. The van der Waals surface area contributed by atoms with Gasteiger partial charge < -0.3 is 14.8 Å². The highest BCUT2D eigenvalue weighted by molar-refractivity contribution is 8.00. The van der Waals surface area contributed by atoms with E-state index in [1.807, 2.05) is 0 Å². The number of rotatable bonds is 7. The summed E-state index contributed by atoms with van der Waals surface area (Å²) in [4.78, 5) is 50.7. The van der Waals surface area contributed by atoms with Crippen molar-refractivity contribution in [3.05, 3.63) is 59.8 Å². The van der Waals surface area contributed by atoms with Crippen molar-refractivity contribution in [1.82, 2.24) is 10.2 Å². The zero-order valence-corrected chi connectivity index (χ0v) is 21.1. The van der Waals surface area contributed by atoms with Gasteiger partial charge in [-0.1, -0.05) is 66.2 Å². The fraction of sp³-hybridized carbons (Fsp3) is 0.391. The van der Waals surface area contributed by atoms with Crippen molar-refractivity contribution in [3.8, 4) is 0 Å². The number of halogens is 2. The highest BCUT2D eigenvalue weighted by Gasteiger charge is 2.55. The highest BCUT2D eigenvalue weighted by Crippen LogP contribution is 2.41. The van der Waals surface area contributed by atoms with Gasteiger partial charge in [-0.2, -0.15) is 0 Å². The van der Waals surface area contributed by atoms with Crippen LogP contribution in [0.25, 0.3) is 0 Å². The second-order valence-corrected chi connectivity index (χ2v) is 10.7. The monoisotopic (exact) mass is 526 g/mol. The van der Waals surface area contributed by atoms with E-state index in [9.17, 15) is 19.2 Å². The number of nitrogens with one attached hydrogen (secondary N) is 1. The zero-order chi connectivity index (χ0) is 25.2. The van der Waals surface area contributed by atoms with Gasteiger partial charge in [-0.15, -0.1) is 11.8 Å². The minimum Gasteiger partial charge on any atom is -0.455 e. The number of amides is 2. The number of hydrogen-bond donors (Lipinski definition) is 1. The molecule has 1 unspecified atom stereocenters. The quantitative estimate of drug-likeness (QED) is 0.330. The standard InChI is InChI=1S/C23H24Cl2N2O6S/c1-5-12-11-34-20-14(19(29)27(20)15(12)21(30)33-23(2,3)4)26-18(28)16(32-22(31)17(24)25)13-9-7-6-8-10-13/h5-10,14,16-17,20H,1,11H2,2-4H3,(H,26,28)/t14-,16?,20-/m1/s1.